The smallest absolute Gasteiger partial charge is 0.0611 e. The number of aliphatic hydroxyl groups excluding tert-OH is 1. The fourth-order valence-electron chi connectivity index (χ4n) is 2.32. The number of hydrogen-bond acceptors (Lipinski definition) is 3. The van der Waals surface area contributed by atoms with Crippen LogP contribution in [0.15, 0.2) is 24.3 Å². The molecular weight excluding hydrogens is 266 g/mol. The van der Waals surface area contributed by atoms with Gasteiger partial charge in [0, 0.05) is 16.5 Å². The van der Waals surface area contributed by atoms with E-state index in [1.165, 1.54) is 11.1 Å². The molecule has 20 heavy (non-hydrogen) atoms. The van der Waals surface area contributed by atoms with E-state index in [-0.39, 0.29) is 12.1 Å². The predicted octanol–water partition coefficient (Wildman–Crippen LogP) is 3.76. The average molecular weight is 295 g/mol. The van der Waals surface area contributed by atoms with E-state index in [0.29, 0.717) is 5.25 Å². The SMILES string of the molecule is CCCNC(C)(CO)CC(C)SCc1ccccc1C. The van der Waals surface area contributed by atoms with Crippen molar-refractivity contribution in [1.29, 1.82) is 0 Å². The van der Waals surface area contributed by atoms with E-state index >= 15 is 0 Å². The van der Waals surface area contributed by atoms with Crippen molar-refractivity contribution in [3.8, 4) is 0 Å². The van der Waals surface area contributed by atoms with Crippen LogP contribution < -0.4 is 5.32 Å². The van der Waals surface area contributed by atoms with E-state index < -0.39 is 0 Å². The van der Waals surface area contributed by atoms with Crippen molar-refractivity contribution < 1.29 is 5.11 Å². The summed E-state index contributed by atoms with van der Waals surface area (Å²) in [6, 6.07) is 8.56. The first kappa shape index (κ1) is 17.5. The molecule has 0 amide bonds. The molecule has 3 heteroatoms. The highest BCUT2D eigenvalue weighted by atomic mass is 32.2. The van der Waals surface area contributed by atoms with E-state index in [2.05, 4.69) is 57.3 Å². The highest BCUT2D eigenvalue weighted by molar-refractivity contribution is 7.99. The highest BCUT2D eigenvalue weighted by Crippen LogP contribution is 2.26. The van der Waals surface area contributed by atoms with Crippen LogP contribution in [0.3, 0.4) is 0 Å². The van der Waals surface area contributed by atoms with Crippen molar-refractivity contribution in [2.24, 2.45) is 0 Å². The summed E-state index contributed by atoms with van der Waals surface area (Å²) in [5.74, 6) is 1.04. The monoisotopic (exact) mass is 295 g/mol. The van der Waals surface area contributed by atoms with Gasteiger partial charge in [-0.2, -0.15) is 11.8 Å². The normalized spacial score (nSPS) is 15.8. The fourth-order valence-corrected chi connectivity index (χ4v) is 3.59. The predicted molar refractivity (Wildman–Crippen MR) is 90.3 cm³/mol. The van der Waals surface area contributed by atoms with E-state index in [4.69, 9.17) is 0 Å². The van der Waals surface area contributed by atoms with Crippen LogP contribution >= 0.6 is 11.8 Å². The van der Waals surface area contributed by atoms with Gasteiger partial charge in [-0.05, 0) is 44.4 Å². The van der Waals surface area contributed by atoms with Gasteiger partial charge in [0.15, 0.2) is 0 Å². The molecule has 0 saturated carbocycles. The summed E-state index contributed by atoms with van der Waals surface area (Å²) < 4.78 is 0. The molecule has 0 aromatic heterocycles. The Morgan fingerprint density at radius 2 is 2.05 bits per heavy atom. The zero-order chi connectivity index (χ0) is 15.0. The Morgan fingerprint density at radius 3 is 2.65 bits per heavy atom. The Kier molecular flexibility index (Phi) is 7.63. The number of hydrogen-bond donors (Lipinski definition) is 2. The second kappa shape index (κ2) is 8.71. The van der Waals surface area contributed by atoms with Gasteiger partial charge in [0.2, 0.25) is 0 Å². The quantitative estimate of drug-likeness (QED) is 0.727. The van der Waals surface area contributed by atoms with Gasteiger partial charge in [-0.15, -0.1) is 0 Å². The van der Waals surface area contributed by atoms with Gasteiger partial charge in [-0.3, -0.25) is 0 Å². The van der Waals surface area contributed by atoms with Crippen LogP contribution in [0.1, 0.15) is 44.7 Å². The van der Waals surface area contributed by atoms with E-state index in [1.54, 1.807) is 0 Å². The average Bonchev–Trinajstić information content (AvgIpc) is 2.44. The van der Waals surface area contributed by atoms with Gasteiger partial charge in [0.05, 0.1) is 6.61 Å². The maximum absolute atomic E-state index is 9.62. The maximum atomic E-state index is 9.62. The second-order valence-electron chi connectivity index (χ2n) is 5.90. The lowest BCUT2D eigenvalue weighted by molar-refractivity contribution is 0.166. The summed E-state index contributed by atoms with van der Waals surface area (Å²) in [5.41, 5.74) is 2.62. The van der Waals surface area contributed by atoms with E-state index in [0.717, 1.165) is 25.1 Å². The molecule has 1 aromatic rings. The van der Waals surface area contributed by atoms with Gasteiger partial charge in [-0.25, -0.2) is 0 Å². The lowest BCUT2D eigenvalue weighted by Gasteiger charge is -2.31. The Labute approximate surface area is 128 Å². The molecule has 0 aliphatic carbocycles. The lowest BCUT2D eigenvalue weighted by Crippen LogP contribution is -2.47. The van der Waals surface area contributed by atoms with Crippen LogP contribution in [0.2, 0.25) is 0 Å². The van der Waals surface area contributed by atoms with Crippen molar-refractivity contribution in [1.82, 2.24) is 5.32 Å². The third kappa shape index (κ3) is 5.86. The Morgan fingerprint density at radius 1 is 1.35 bits per heavy atom. The van der Waals surface area contributed by atoms with Crippen molar-refractivity contribution in [2.45, 2.75) is 57.1 Å². The minimum Gasteiger partial charge on any atom is -0.394 e. The van der Waals surface area contributed by atoms with E-state index in [1.807, 2.05) is 11.8 Å². The summed E-state index contributed by atoms with van der Waals surface area (Å²) in [6.45, 7) is 9.86. The molecule has 0 spiro atoms. The van der Waals surface area contributed by atoms with Crippen molar-refractivity contribution in [3.63, 3.8) is 0 Å². The molecule has 2 N–H and O–H groups in total. The molecule has 0 heterocycles. The number of nitrogens with one attached hydrogen (secondary N) is 1. The molecule has 0 fully saturated rings. The molecule has 2 unspecified atom stereocenters. The van der Waals surface area contributed by atoms with Gasteiger partial charge < -0.3 is 10.4 Å². The maximum Gasteiger partial charge on any atom is 0.0611 e. The topological polar surface area (TPSA) is 32.3 Å². The third-order valence-corrected chi connectivity index (χ3v) is 4.89. The van der Waals surface area contributed by atoms with Gasteiger partial charge in [0.1, 0.15) is 0 Å². The molecule has 0 radical (unpaired) electrons. The largest absolute Gasteiger partial charge is 0.394 e. The molecule has 1 rings (SSSR count). The molecular formula is C17H29NOS. The Bertz CT molecular complexity index is 396. The molecule has 2 nitrogen and oxygen atoms in total. The van der Waals surface area contributed by atoms with Crippen LogP contribution in [-0.4, -0.2) is 29.0 Å². The van der Waals surface area contributed by atoms with E-state index in [9.17, 15) is 5.11 Å². The summed E-state index contributed by atoms with van der Waals surface area (Å²) >= 11 is 1.97. The van der Waals surface area contributed by atoms with Gasteiger partial charge in [-0.1, -0.05) is 38.1 Å². The summed E-state index contributed by atoms with van der Waals surface area (Å²) in [7, 11) is 0. The lowest BCUT2D eigenvalue weighted by atomic mass is 9.97. The van der Waals surface area contributed by atoms with Crippen LogP contribution in [0.4, 0.5) is 0 Å². The standard InChI is InChI=1S/C17H29NOS/c1-5-10-18-17(4,13-19)11-15(3)20-12-16-9-7-6-8-14(16)2/h6-9,15,18-19H,5,10-13H2,1-4H3. The second-order valence-corrected chi connectivity index (χ2v) is 7.32. The first-order valence-electron chi connectivity index (χ1n) is 7.52. The Balaban J connectivity index is 2.46. The number of thioether (sulfide) groups is 1. The fraction of sp³-hybridized carbons (Fsp3) is 0.647. The number of aliphatic hydroxyl groups is 1. The first-order valence-corrected chi connectivity index (χ1v) is 8.57. The number of rotatable bonds is 9. The molecule has 114 valence electrons. The van der Waals surface area contributed by atoms with Crippen LogP contribution in [0.5, 0.6) is 0 Å². The minimum atomic E-state index is -0.159. The molecule has 0 aliphatic heterocycles. The Hall–Kier alpha value is -0.510. The van der Waals surface area contributed by atoms with Crippen LogP contribution in [-0.2, 0) is 5.75 Å². The molecule has 0 bridgehead atoms. The first-order chi connectivity index (χ1) is 9.50. The molecule has 1 aromatic carbocycles. The molecule has 2 atom stereocenters. The van der Waals surface area contributed by atoms with Crippen molar-refractivity contribution >= 4 is 11.8 Å². The number of benzene rings is 1. The van der Waals surface area contributed by atoms with Gasteiger partial charge in [0.25, 0.3) is 0 Å². The van der Waals surface area contributed by atoms with Crippen LogP contribution in [0.25, 0.3) is 0 Å². The van der Waals surface area contributed by atoms with Crippen LogP contribution in [0, 0.1) is 6.92 Å². The highest BCUT2D eigenvalue weighted by Gasteiger charge is 2.25. The number of aryl methyl sites for hydroxylation is 1. The van der Waals surface area contributed by atoms with Crippen molar-refractivity contribution in [3.05, 3.63) is 35.4 Å². The van der Waals surface area contributed by atoms with Gasteiger partial charge >= 0.3 is 0 Å². The summed E-state index contributed by atoms with van der Waals surface area (Å²) in [5, 5.41) is 13.6. The molecule has 0 saturated heterocycles. The minimum absolute atomic E-state index is 0.159. The third-order valence-electron chi connectivity index (χ3n) is 3.67. The zero-order valence-electron chi connectivity index (χ0n) is 13.3. The van der Waals surface area contributed by atoms with Crippen molar-refractivity contribution in [2.75, 3.05) is 13.2 Å². The molecule has 0 aliphatic rings. The summed E-state index contributed by atoms with van der Waals surface area (Å²) in [4.78, 5) is 0. The summed E-state index contributed by atoms with van der Waals surface area (Å²) in [6.07, 6.45) is 2.08. The zero-order valence-corrected chi connectivity index (χ0v) is 14.1.